The molecule has 1 rings (SSSR count). The van der Waals surface area contributed by atoms with Crippen molar-refractivity contribution in [2.75, 3.05) is 20.7 Å². The van der Waals surface area contributed by atoms with Crippen LogP contribution in [0.2, 0.25) is 0 Å². The van der Waals surface area contributed by atoms with Crippen LogP contribution in [0, 0.1) is 0 Å². The molecule has 0 saturated carbocycles. The first-order chi connectivity index (χ1) is 10.5. The molecule has 6 nitrogen and oxygen atoms in total. The van der Waals surface area contributed by atoms with Crippen LogP contribution in [-0.2, 0) is 20.9 Å². The van der Waals surface area contributed by atoms with Crippen molar-refractivity contribution >= 4 is 16.0 Å². The lowest BCUT2D eigenvalue weighted by atomic mass is 10.1. The maximum atomic E-state index is 12.8. The van der Waals surface area contributed by atoms with E-state index in [1.165, 1.54) is 0 Å². The summed E-state index contributed by atoms with van der Waals surface area (Å²) in [5, 5.41) is 2.77. The van der Waals surface area contributed by atoms with Gasteiger partial charge in [-0.3, -0.25) is 0 Å². The largest absolute Gasteiger partial charge is 0.465 e. The van der Waals surface area contributed by atoms with Crippen molar-refractivity contribution in [2.24, 2.45) is 0 Å². The van der Waals surface area contributed by atoms with Gasteiger partial charge in [0.1, 0.15) is 0 Å². The molecule has 0 amide bonds. The number of nitrogens with one attached hydrogen (secondary N) is 2. The molecule has 1 atom stereocenters. The smallest absolute Gasteiger partial charge is 0.416 e. The first kappa shape index (κ1) is 19.4. The summed E-state index contributed by atoms with van der Waals surface area (Å²) in [5.41, 5.74) is -1.64. The van der Waals surface area contributed by atoms with Crippen molar-refractivity contribution < 1.29 is 31.1 Å². The van der Waals surface area contributed by atoms with E-state index in [9.17, 15) is 26.4 Å². The molecule has 0 aliphatic carbocycles. The Labute approximate surface area is 132 Å². The number of carbonyl (C=O) groups excluding carboxylic acids is 1. The summed E-state index contributed by atoms with van der Waals surface area (Å²) in [6, 6.07) is 1.57. The van der Waals surface area contributed by atoms with E-state index in [2.05, 4.69) is 14.8 Å². The van der Waals surface area contributed by atoms with Crippen LogP contribution in [0.5, 0.6) is 0 Å². The van der Waals surface area contributed by atoms with Crippen molar-refractivity contribution in [1.29, 1.82) is 0 Å². The van der Waals surface area contributed by atoms with Crippen LogP contribution in [0.4, 0.5) is 13.2 Å². The van der Waals surface area contributed by atoms with Gasteiger partial charge in [0.05, 0.1) is 23.1 Å². The molecule has 2 N–H and O–H groups in total. The Morgan fingerprint density at radius 3 is 2.43 bits per heavy atom. The van der Waals surface area contributed by atoms with Gasteiger partial charge in [-0.15, -0.1) is 0 Å². The van der Waals surface area contributed by atoms with Crippen LogP contribution in [-0.4, -0.2) is 41.1 Å². The van der Waals surface area contributed by atoms with Crippen LogP contribution < -0.4 is 10.0 Å². The van der Waals surface area contributed by atoms with Crippen LogP contribution in [0.1, 0.15) is 22.8 Å². The summed E-state index contributed by atoms with van der Waals surface area (Å²) in [5.74, 6) is -1.04. The van der Waals surface area contributed by atoms with Gasteiger partial charge in [0.2, 0.25) is 10.0 Å². The molecule has 0 bridgehead atoms. The van der Waals surface area contributed by atoms with Gasteiger partial charge in [-0.25, -0.2) is 17.9 Å². The molecule has 1 unspecified atom stereocenters. The fraction of sp³-hybridized carbons (Fsp3) is 0.462. The minimum Gasteiger partial charge on any atom is -0.465 e. The van der Waals surface area contributed by atoms with E-state index in [1.807, 2.05) is 0 Å². The molecule has 1 aromatic carbocycles. The van der Waals surface area contributed by atoms with Crippen molar-refractivity contribution in [3.05, 3.63) is 29.3 Å². The van der Waals surface area contributed by atoms with E-state index in [4.69, 9.17) is 0 Å². The number of likely N-dealkylation sites (N-methyl/N-ethyl adjacent to an activating group) is 1. The molecule has 0 heterocycles. The molecule has 0 spiro atoms. The van der Waals surface area contributed by atoms with Gasteiger partial charge >= 0.3 is 12.1 Å². The van der Waals surface area contributed by atoms with Gasteiger partial charge in [0.15, 0.2) is 0 Å². The van der Waals surface area contributed by atoms with E-state index in [1.54, 1.807) is 14.0 Å². The van der Waals surface area contributed by atoms with Gasteiger partial charge in [0.25, 0.3) is 0 Å². The normalized spacial score (nSPS) is 13.7. The second-order valence-corrected chi connectivity index (χ2v) is 6.48. The second-order valence-electron chi connectivity index (χ2n) is 4.74. The molecule has 0 saturated heterocycles. The second kappa shape index (κ2) is 7.28. The van der Waals surface area contributed by atoms with E-state index < -0.39 is 38.2 Å². The van der Waals surface area contributed by atoms with E-state index in [0.29, 0.717) is 12.1 Å². The van der Waals surface area contributed by atoms with Crippen molar-refractivity contribution in [3.8, 4) is 0 Å². The third-order valence-corrected chi connectivity index (χ3v) is 4.54. The molecule has 0 fully saturated rings. The predicted octanol–water partition coefficient (Wildman–Crippen LogP) is 1.38. The lowest BCUT2D eigenvalue weighted by Crippen LogP contribution is -2.37. The zero-order chi connectivity index (χ0) is 17.8. The Kier molecular flexibility index (Phi) is 6.14. The van der Waals surface area contributed by atoms with Gasteiger partial charge in [-0.2, -0.15) is 13.2 Å². The Morgan fingerprint density at radius 2 is 1.96 bits per heavy atom. The number of hydrogen-bond acceptors (Lipinski definition) is 5. The standard InChI is InChI=1S/C13H17F3N2O4S/c1-8(17-2)7-18-23(20,21)11-6-9(13(14,15)16)4-5-10(11)12(19)22-3/h4-6,8,17-18H,7H2,1-3H3. The molecule has 0 aromatic heterocycles. The minimum atomic E-state index is -4.74. The molecule has 10 heteroatoms. The highest BCUT2D eigenvalue weighted by Gasteiger charge is 2.34. The number of methoxy groups -OCH3 is 1. The number of sulfonamides is 1. The minimum absolute atomic E-state index is 0.0598. The molecular weight excluding hydrogens is 337 g/mol. The Morgan fingerprint density at radius 1 is 1.35 bits per heavy atom. The van der Waals surface area contributed by atoms with Gasteiger partial charge < -0.3 is 10.1 Å². The number of esters is 1. The fourth-order valence-electron chi connectivity index (χ4n) is 1.61. The van der Waals surface area contributed by atoms with Crippen LogP contribution in [0.25, 0.3) is 0 Å². The summed E-state index contributed by atoms with van der Waals surface area (Å²) in [6.07, 6.45) is -4.74. The third kappa shape index (κ3) is 4.91. The molecule has 23 heavy (non-hydrogen) atoms. The Balaban J connectivity index is 3.36. The van der Waals surface area contributed by atoms with E-state index in [-0.39, 0.29) is 12.6 Å². The topological polar surface area (TPSA) is 84.5 Å². The third-order valence-electron chi connectivity index (χ3n) is 3.08. The van der Waals surface area contributed by atoms with E-state index >= 15 is 0 Å². The number of benzene rings is 1. The number of hydrogen-bond donors (Lipinski definition) is 2. The average molecular weight is 354 g/mol. The summed E-state index contributed by atoms with van der Waals surface area (Å²) >= 11 is 0. The van der Waals surface area contributed by atoms with E-state index in [0.717, 1.165) is 13.2 Å². The maximum absolute atomic E-state index is 12.8. The van der Waals surface area contributed by atoms with Crippen LogP contribution >= 0.6 is 0 Å². The number of ether oxygens (including phenoxy) is 1. The zero-order valence-corrected chi connectivity index (χ0v) is 13.5. The summed E-state index contributed by atoms with van der Waals surface area (Å²) in [7, 11) is -1.72. The van der Waals surface area contributed by atoms with Gasteiger partial charge in [0, 0.05) is 12.6 Å². The summed E-state index contributed by atoms with van der Waals surface area (Å²) in [6.45, 7) is 1.62. The van der Waals surface area contributed by atoms with Crippen LogP contribution in [0.15, 0.2) is 23.1 Å². The number of alkyl halides is 3. The van der Waals surface area contributed by atoms with Crippen LogP contribution in [0.3, 0.4) is 0 Å². The highest BCUT2D eigenvalue weighted by atomic mass is 32.2. The zero-order valence-electron chi connectivity index (χ0n) is 12.7. The average Bonchev–Trinajstić information content (AvgIpc) is 2.50. The number of carbonyl (C=O) groups is 1. The molecule has 130 valence electrons. The molecule has 1 aromatic rings. The number of rotatable bonds is 6. The summed E-state index contributed by atoms with van der Waals surface area (Å²) < 4.78 is 69.5. The lowest BCUT2D eigenvalue weighted by Gasteiger charge is -2.15. The first-order valence-corrected chi connectivity index (χ1v) is 7.97. The summed E-state index contributed by atoms with van der Waals surface area (Å²) in [4.78, 5) is 10.9. The van der Waals surface area contributed by atoms with Crippen molar-refractivity contribution in [1.82, 2.24) is 10.0 Å². The Hall–Kier alpha value is -1.65. The SMILES string of the molecule is CNC(C)CNS(=O)(=O)c1cc(C(F)(F)F)ccc1C(=O)OC. The predicted molar refractivity (Wildman–Crippen MR) is 76.5 cm³/mol. The maximum Gasteiger partial charge on any atom is 0.416 e. The van der Waals surface area contributed by atoms with Gasteiger partial charge in [-0.05, 0) is 32.2 Å². The molecule has 0 aliphatic heterocycles. The molecule has 0 radical (unpaired) electrons. The monoisotopic (exact) mass is 354 g/mol. The van der Waals surface area contributed by atoms with Crippen molar-refractivity contribution in [2.45, 2.75) is 24.0 Å². The van der Waals surface area contributed by atoms with Gasteiger partial charge in [-0.1, -0.05) is 0 Å². The molecule has 0 aliphatic rings. The highest BCUT2D eigenvalue weighted by Crippen LogP contribution is 2.32. The number of halogens is 3. The first-order valence-electron chi connectivity index (χ1n) is 6.49. The molecular formula is C13H17F3N2O4S. The fourth-order valence-corrected chi connectivity index (χ4v) is 2.96. The van der Waals surface area contributed by atoms with Crippen molar-refractivity contribution in [3.63, 3.8) is 0 Å². The quantitative estimate of drug-likeness (QED) is 0.754. The highest BCUT2D eigenvalue weighted by molar-refractivity contribution is 7.89. The lowest BCUT2D eigenvalue weighted by molar-refractivity contribution is -0.137. The Bertz CT molecular complexity index is 674.